The highest BCUT2D eigenvalue weighted by molar-refractivity contribution is 5.80. The molecule has 0 fully saturated rings. The summed E-state index contributed by atoms with van der Waals surface area (Å²) in [6.07, 6.45) is 0. The number of nitrogens with zero attached hydrogens (tertiary/aromatic N) is 1. The molecule has 2 aromatic carbocycles. The van der Waals surface area contributed by atoms with E-state index in [1.54, 1.807) is 36.4 Å². The number of anilines is 1. The van der Waals surface area contributed by atoms with Crippen molar-refractivity contribution in [2.75, 3.05) is 12.4 Å². The Morgan fingerprint density at radius 2 is 2.08 bits per heavy atom. The lowest BCUT2D eigenvalue weighted by molar-refractivity contribution is 0.413. The highest BCUT2D eigenvalue weighted by atomic mass is 16.5. The average molecular weight is 321 g/mol. The summed E-state index contributed by atoms with van der Waals surface area (Å²) in [5, 5.41) is 22.4. The number of H-pyrrole nitrogens is 1. The van der Waals surface area contributed by atoms with Crippen LogP contribution in [-0.4, -0.2) is 17.2 Å². The Morgan fingerprint density at radius 3 is 2.83 bits per heavy atom. The average Bonchev–Trinajstić information content (AvgIpc) is 2.59. The van der Waals surface area contributed by atoms with Gasteiger partial charge in [0.05, 0.1) is 18.2 Å². The van der Waals surface area contributed by atoms with Crippen LogP contribution in [0.5, 0.6) is 11.5 Å². The van der Waals surface area contributed by atoms with Gasteiger partial charge in [-0.15, -0.1) is 0 Å². The van der Waals surface area contributed by atoms with Crippen molar-refractivity contribution in [2.24, 2.45) is 0 Å². The fraction of sp³-hybridized carbons (Fsp3) is 0.111. The van der Waals surface area contributed by atoms with Crippen LogP contribution in [-0.2, 0) is 6.54 Å². The Kier molecular flexibility index (Phi) is 4.08. The number of rotatable bonds is 4. The van der Waals surface area contributed by atoms with Gasteiger partial charge in [-0.1, -0.05) is 0 Å². The Bertz CT molecular complexity index is 1000. The lowest BCUT2D eigenvalue weighted by Crippen LogP contribution is -2.15. The molecule has 3 aromatic rings. The summed E-state index contributed by atoms with van der Waals surface area (Å²) < 4.78 is 5.17. The van der Waals surface area contributed by atoms with Gasteiger partial charge in [-0.2, -0.15) is 5.26 Å². The standard InChI is InChI=1S/C18H15N3O3/c1-24-17-7-14(4-2-12(17)9-19)20-10-13-6-11-3-5-15(22)8-16(11)21-18(13)23/h2-8,20,22H,10H2,1H3,(H,21,23). The fourth-order valence-corrected chi connectivity index (χ4v) is 2.46. The van der Waals surface area contributed by atoms with E-state index in [2.05, 4.69) is 16.4 Å². The molecular formula is C18H15N3O3. The van der Waals surface area contributed by atoms with E-state index in [9.17, 15) is 9.90 Å². The van der Waals surface area contributed by atoms with Gasteiger partial charge in [-0.05, 0) is 35.7 Å². The highest BCUT2D eigenvalue weighted by Gasteiger charge is 2.06. The summed E-state index contributed by atoms with van der Waals surface area (Å²) >= 11 is 0. The molecule has 120 valence electrons. The molecule has 0 unspecified atom stereocenters. The van der Waals surface area contributed by atoms with Gasteiger partial charge < -0.3 is 20.1 Å². The number of nitriles is 1. The van der Waals surface area contributed by atoms with E-state index in [0.29, 0.717) is 28.9 Å². The zero-order valence-corrected chi connectivity index (χ0v) is 13.0. The van der Waals surface area contributed by atoms with Gasteiger partial charge in [-0.3, -0.25) is 4.79 Å². The number of aromatic hydroxyl groups is 1. The maximum atomic E-state index is 12.1. The molecule has 0 atom stereocenters. The highest BCUT2D eigenvalue weighted by Crippen LogP contribution is 2.23. The van der Waals surface area contributed by atoms with Crippen LogP contribution in [0.15, 0.2) is 47.3 Å². The third kappa shape index (κ3) is 3.01. The largest absolute Gasteiger partial charge is 0.508 e. The Hall–Kier alpha value is -3.46. The Morgan fingerprint density at radius 1 is 1.25 bits per heavy atom. The number of methoxy groups -OCH3 is 1. The van der Waals surface area contributed by atoms with Gasteiger partial charge in [0.1, 0.15) is 17.6 Å². The van der Waals surface area contributed by atoms with Crippen molar-refractivity contribution >= 4 is 16.6 Å². The maximum Gasteiger partial charge on any atom is 0.253 e. The summed E-state index contributed by atoms with van der Waals surface area (Å²) in [6.45, 7) is 0.321. The normalized spacial score (nSPS) is 10.3. The number of pyridine rings is 1. The van der Waals surface area contributed by atoms with E-state index in [4.69, 9.17) is 10.00 Å². The van der Waals surface area contributed by atoms with E-state index >= 15 is 0 Å². The number of phenolic OH excluding ortho intramolecular Hbond substituents is 1. The second-order valence-corrected chi connectivity index (χ2v) is 5.28. The zero-order chi connectivity index (χ0) is 17.1. The van der Waals surface area contributed by atoms with Crippen LogP contribution in [0.2, 0.25) is 0 Å². The number of aromatic nitrogens is 1. The predicted octanol–water partition coefficient (Wildman–Crippen LogP) is 2.73. The topological polar surface area (TPSA) is 98.1 Å². The lowest BCUT2D eigenvalue weighted by Gasteiger charge is -2.09. The maximum absolute atomic E-state index is 12.1. The Balaban J connectivity index is 1.86. The van der Waals surface area contributed by atoms with Crippen LogP contribution >= 0.6 is 0 Å². The first-order valence-electron chi connectivity index (χ1n) is 7.27. The fourth-order valence-electron chi connectivity index (χ4n) is 2.46. The third-order valence-corrected chi connectivity index (χ3v) is 3.71. The number of hydrogen-bond donors (Lipinski definition) is 3. The molecule has 3 N–H and O–H groups in total. The molecule has 0 aliphatic rings. The summed E-state index contributed by atoms with van der Waals surface area (Å²) in [4.78, 5) is 14.9. The van der Waals surface area contributed by atoms with Gasteiger partial charge >= 0.3 is 0 Å². The monoisotopic (exact) mass is 321 g/mol. The molecule has 6 nitrogen and oxygen atoms in total. The molecule has 0 saturated heterocycles. The molecule has 0 bridgehead atoms. The van der Waals surface area contributed by atoms with Crippen molar-refractivity contribution in [3.05, 3.63) is 63.9 Å². The molecule has 0 aliphatic heterocycles. The first-order valence-corrected chi connectivity index (χ1v) is 7.27. The van der Waals surface area contributed by atoms with Gasteiger partial charge in [0.15, 0.2) is 0 Å². The van der Waals surface area contributed by atoms with E-state index in [1.165, 1.54) is 13.2 Å². The molecule has 0 spiro atoms. The SMILES string of the molecule is COc1cc(NCc2cc3ccc(O)cc3[nH]c2=O)ccc1C#N. The molecule has 6 heteroatoms. The zero-order valence-electron chi connectivity index (χ0n) is 13.0. The molecular weight excluding hydrogens is 306 g/mol. The van der Waals surface area contributed by atoms with Crippen LogP contribution in [0.3, 0.4) is 0 Å². The van der Waals surface area contributed by atoms with Crippen LogP contribution in [0, 0.1) is 11.3 Å². The van der Waals surface area contributed by atoms with Gasteiger partial charge in [-0.25, -0.2) is 0 Å². The van der Waals surface area contributed by atoms with Gasteiger partial charge in [0.25, 0.3) is 5.56 Å². The van der Waals surface area contributed by atoms with E-state index in [1.807, 2.05) is 0 Å². The summed E-state index contributed by atoms with van der Waals surface area (Å²) in [6, 6.07) is 13.8. The Labute approximate surface area is 137 Å². The number of aromatic amines is 1. The first kappa shape index (κ1) is 15.4. The van der Waals surface area contributed by atoms with Gasteiger partial charge in [0, 0.05) is 29.9 Å². The third-order valence-electron chi connectivity index (χ3n) is 3.71. The molecule has 1 aromatic heterocycles. The first-order chi connectivity index (χ1) is 11.6. The number of phenols is 1. The van der Waals surface area contributed by atoms with E-state index < -0.39 is 0 Å². The van der Waals surface area contributed by atoms with Crippen molar-refractivity contribution in [3.8, 4) is 17.6 Å². The van der Waals surface area contributed by atoms with Crippen LogP contribution in [0.4, 0.5) is 5.69 Å². The molecule has 0 aliphatic carbocycles. The van der Waals surface area contributed by atoms with E-state index in [0.717, 1.165) is 11.1 Å². The summed E-state index contributed by atoms with van der Waals surface area (Å²) in [5.74, 6) is 0.582. The quantitative estimate of drug-likeness (QED) is 0.686. The van der Waals surface area contributed by atoms with Gasteiger partial charge in [0.2, 0.25) is 0 Å². The smallest absolute Gasteiger partial charge is 0.253 e. The minimum Gasteiger partial charge on any atom is -0.508 e. The summed E-state index contributed by atoms with van der Waals surface area (Å²) in [7, 11) is 1.50. The van der Waals surface area contributed by atoms with Crippen molar-refractivity contribution < 1.29 is 9.84 Å². The predicted molar refractivity (Wildman–Crippen MR) is 91.3 cm³/mol. The molecule has 0 radical (unpaired) electrons. The molecule has 0 amide bonds. The molecule has 1 heterocycles. The minimum atomic E-state index is -0.221. The second kappa shape index (κ2) is 6.34. The van der Waals surface area contributed by atoms with Crippen molar-refractivity contribution in [3.63, 3.8) is 0 Å². The molecule has 24 heavy (non-hydrogen) atoms. The van der Waals surface area contributed by atoms with Crippen LogP contribution in [0.1, 0.15) is 11.1 Å². The number of hydrogen-bond acceptors (Lipinski definition) is 5. The number of ether oxygens (including phenoxy) is 1. The molecule has 3 rings (SSSR count). The number of nitrogens with one attached hydrogen (secondary N) is 2. The molecule has 0 saturated carbocycles. The number of fused-ring (bicyclic) bond motifs is 1. The minimum absolute atomic E-state index is 0.105. The van der Waals surface area contributed by atoms with Crippen LogP contribution < -0.4 is 15.6 Å². The van der Waals surface area contributed by atoms with Crippen LogP contribution in [0.25, 0.3) is 10.9 Å². The van der Waals surface area contributed by atoms with Crippen molar-refractivity contribution in [2.45, 2.75) is 6.54 Å². The van der Waals surface area contributed by atoms with E-state index in [-0.39, 0.29) is 11.3 Å². The van der Waals surface area contributed by atoms with Crippen molar-refractivity contribution in [1.29, 1.82) is 5.26 Å². The summed E-state index contributed by atoms with van der Waals surface area (Å²) in [5.41, 5.74) is 2.13. The van der Waals surface area contributed by atoms with Crippen molar-refractivity contribution in [1.82, 2.24) is 4.98 Å². The lowest BCUT2D eigenvalue weighted by atomic mass is 10.1. The number of benzene rings is 2. The second-order valence-electron chi connectivity index (χ2n) is 5.28.